The Hall–Kier alpha value is -1.02. The zero-order chi connectivity index (χ0) is 10.3. The number of rotatable bonds is 0. The Morgan fingerprint density at radius 1 is 1.29 bits per heavy atom. The number of hydrogen-bond acceptors (Lipinski definition) is 1. The molecule has 14 heavy (non-hydrogen) atoms. The smallest absolute Gasteiger partial charge is 0.119 e. The van der Waals surface area contributed by atoms with Crippen LogP contribution >= 0.6 is 11.6 Å². The molecule has 0 aromatic carbocycles. The van der Waals surface area contributed by atoms with Gasteiger partial charge in [-0.25, -0.2) is 4.98 Å². The summed E-state index contributed by atoms with van der Waals surface area (Å²) in [6.45, 7) is 6.39. The maximum Gasteiger partial charge on any atom is 0.119 e. The summed E-state index contributed by atoms with van der Waals surface area (Å²) in [7, 11) is 0. The summed E-state index contributed by atoms with van der Waals surface area (Å²) in [6.07, 6.45) is 1.85. The van der Waals surface area contributed by atoms with Gasteiger partial charge < -0.3 is 0 Å². The van der Waals surface area contributed by atoms with Gasteiger partial charge in [-0.2, -0.15) is 0 Å². The molecule has 2 aromatic rings. The second-order valence-electron chi connectivity index (χ2n) is 4.44. The predicted molar refractivity (Wildman–Crippen MR) is 58.9 cm³/mol. The number of nitrogens with zero attached hydrogens (tertiary/aromatic N) is 2. The average molecular weight is 209 g/mol. The molecule has 0 saturated carbocycles. The third-order valence-corrected chi connectivity index (χ3v) is 2.47. The maximum absolute atomic E-state index is 6.13. The Balaban J connectivity index is 2.80. The van der Waals surface area contributed by atoms with Crippen molar-refractivity contribution in [3.05, 3.63) is 35.4 Å². The Morgan fingerprint density at radius 3 is 2.64 bits per heavy atom. The van der Waals surface area contributed by atoms with Crippen molar-refractivity contribution < 1.29 is 0 Å². The number of halogens is 1. The van der Waals surface area contributed by atoms with E-state index in [0.29, 0.717) is 5.15 Å². The van der Waals surface area contributed by atoms with Crippen molar-refractivity contribution in [1.29, 1.82) is 0 Å². The van der Waals surface area contributed by atoms with E-state index in [1.807, 2.05) is 28.8 Å². The quantitative estimate of drug-likeness (QED) is 0.608. The monoisotopic (exact) mass is 208 g/mol. The summed E-state index contributed by atoms with van der Waals surface area (Å²) >= 11 is 6.13. The third kappa shape index (κ3) is 1.40. The second kappa shape index (κ2) is 2.99. The molecule has 0 spiro atoms. The number of aromatic nitrogens is 2. The molecule has 2 rings (SSSR count). The second-order valence-corrected chi connectivity index (χ2v) is 4.83. The first-order chi connectivity index (χ1) is 6.50. The van der Waals surface area contributed by atoms with E-state index in [1.165, 1.54) is 0 Å². The molecule has 2 aromatic heterocycles. The SMILES string of the molecule is CC(C)(C)c1ncc2cccc(Cl)n12. The van der Waals surface area contributed by atoms with Gasteiger partial charge in [0.2, 0.25) is 0 Å². The Morgan fingerprint density at radius 2 is 2.00 bits per heavy atom. The molecule has 0 amide bonds. The number of hydrogen-bond donors (Lipinski definition) is 0. The first-order valence-corrected chi connectivity index (χ1v) is 5.00. The van der Waals surface area contributed by atoms with Crippen LogP contribution in [0.3, 0.4) is 0 Å². The largest absolute Gasteiger partial charge is 0.286 e. The normalized spacial score (nSPS) is 12.3. The van der Waals surface area contributed by atoms with E-state index in [0.717, 1.165) is 11.3 Å². The van der Waals surface area contributed by atoms with Crippen molar-refractivity contribution in [1.82, 2.24) is 9.38 Å². The molecule has 0 radical (unpaired) electrons. The summed E-state index contributed by atoms with van der Waals surface area (Å²) in [5.41, 5.74) is 1.06. The molecule has 0 aliphatic carbocycles. The van der Waals surface area contributed by atoms with Crippen LogP contribution in [0.5, 0.6) is 0 Å². The summed E-state index contributed by atoms with van der Waals surface area (Å²) in [5, 5.41) is 0.713. The van der Waals surface area contributed by atoms with E-state index in [1.54, 1.807) is 0 Å². The van der Waals surface area contributed by atoms with Crippen molar-refractivity contribution in [3.63, 3.8) is 0 Å². The van der Waals surface area contributed by atoms with Crippen molar-refractivity contribution >= 4 is 17.1 Å². The van der Waals surface area contributed by atoms with Crippen LogP contribution < -0.4 is 0 Å². The van der Waals surface area contributed by atoms with Gasteiger partial charge in [0.15, 0.2) is 0 Å². The highest BCUT2D eigenvalue weighted by atomic mass is 35.5. The molecule has 74 valence electrons. The van der Waals surface area contributed by atoms with E-state index < -0.39 is 0 Å². The lowest BCUT2D eigenvalue weighted by Crippen LogP contribution is -2.16. The van der Waals surface area contributed by atoms with Gasteiger partial charge >= 0.3 is 0 Å². The molecule has 0 N–H and O–H groups in total. The van der Waals surface area contributed by atoms with E-state index in [4.69, 9.17) is 11.6 Å². The Bertz CT molecular complexity index is 466. The molecular formula is C11H13ClN2. The first kappa shape index (κ1) is 9.53. The highest BCUT2D eigenvalue weighted by molar-refractivity contribution is 6.29. The molecule has 2 nitrogen and oxygen atoms in total. The summed E-state index contributed by atoms with van der Waals surface area (Å²) in [4.78, 5) is 4.41. The minimum Gasteiger partial charge on any atom is -0.286 e. The number of fused-ring (bicyclic) bond motifs is 1. The molecule has 2 heterocycles. The molecule has 0 bridgehead atoms. The van der Waals surface area contributed by atoms with Crippen molar-refractivity contribution in [2.75, 3.05) is 0 Å². The number of imidazole rings is 1. The van der Waals surface area contributed by atoms with Crippen LogP contribution in [-0.2, 0) is 5.41 Å². The molecule has 0 aliphatic rings. The molecule has 3 heteroatoms. The average Bonchev–Trinajstić information content (AvgIpc) is 2.47. The van der Waals surface area contributed by atoms with E-state index in [-0.39, 0.29) is 5.41 Å². The fraction of sp³-hybridized carbons (Fsp3) is 0.364. The third-order valence-electron chi connectivity index (χ3n) is 2.17. The molecule has 0 unspecified atom stereocenters. The van der Waals surface area contributed by atoms with E-state index in [9.17, 15) is 0 Å². The van der Waals surface area contributed by atoms with Gasteiger partial charge in [0, 0.05) is 5.41 Å². The van der Waals surface area contributed by atoms with Crippen LogP contribution in [-0.4, -0.2) is 9.38 Å². The standard InChI is InChI=1S/C11H13ClN2/c1-11(2,3)10-13-7-8-5-4-6-9(12)14(8)10/h4-7H,1-3H3. The van der Waals surface area contributed by atoms with Gasteiger partial charge in [-0.1, -0.05) is 38.4 Å². The highest BCUT2D eigenvalue weighted by Gasteiger charge is 2.20. The lowest BCUT2D eigenvalue weighted by atomic mass is 9.96. The maximum atomic E-state index is 6.13. The van der Waals surface area contributed by atoms with Gasteiger partial charge in [0.25, 0.3) is 0 Å². The van der Waals surface area contributed by atoms with Crippen LogP contribution in [0.15, 0.2) is 24.4 Å². The summed E-state index contributed by atoms with van der Waals surface area (Å²) < 4.78 is 1.99. The first-order valence-electron chi connectivity index (χ1n) is 4.62. The van der Waals surface area contributed by atoms with E-state index >= 15 is 0 Å². The van der Waals surface area contributed by atoms with Gasteiger partial charge in [0.1, 0.15) is 11.0 Å². The minimum absolute atomic E-state index is 0.0113. The molecule has 0 saturated heterocycles. The molecule has 0 aliphatic heterocycles. The lowest BCUT2D eigenvalue weighted by molar-refractivity contribution is 0.543. The van der Waals surface area contributed by atoms with Crippen LogP contribution in [0.4, 0.5) is 0 Å². The topological polar surface area (TPSA) is 17.3 Å². The van der Waals surface area contributed by atoms with Gasteiger partial charge in [-0.05, 0) is 12.1 Å². The van der Waals surface area contributed by atoms with Crippen molar-refractivity contribution in [3.8, 4) is 0 Å². The predicted octanol–water partition coefficient (Wildman–Crippen LogP) is 3.29. The van der Waals surface area contributed by atoms with E-state index in [2.05, 4.69) is 25.8 Å². The summed E-state index contributed by atoms with van der Waals surface area (Å²) in [5.74, 6) is 0.998. The Labute approximate surface area is 88.5 Å². The van der Waals surface area contributed by atoms with Crippen molar-refractivity contribution in [2.24, 2.45) is 0 Å². The van der Waals surface area contributed by atoms with Crippen molar-refractivity contribution in [2.45, 2.75) is 26.2 Å². The van der Waals surface area contributed by atoms with Crippen LogP contribution in [0.1, 0.15) is 26.6 Å². The van der Waals surface area contributed by atoms with Gasteiger partial charge in [-0.3, -0.25) is 4.40 Å². The lowest BCUT2D eigenvalue weighted by Gasteiger charge is -2.17. The minimum atomic E-state index is 0.0113. The highest BCUT2D eigenvalue weighted by Crippen LogP contribution is 2.24. The number of pyridine rings is 1. The van der Waals surface area contributed by atoms with Gasteiger partial charge in [0.05, 0.1) is 11.7 Å². The molecule has 0 atom stereocenters. The van der Waals surface area contributed by atoms with Crippen LogP contribution in [0.2, 0.25) is 5.15 Å². The zero-order valence-corrected chi connectivity index (χ0v) is 9.34. The molecule has 0 fully saturated rings. The summed E-state index contributed by atoms with van der Waals surface area (Å²) in [6, 6.07) is 5.82. The van der Waals surface area contributed by atoms with Gasteiger partial charge in [-0.15, -0.1) is 0 Å². The fourth-order valence-electron chi connectivity index (χ4n) is 1.54. The van der Waals surface area contributed by atoms with Crippen LogP contribution in [0.25, 0.3) is 5.52 Å². The fourth-order valence-corrected chi connectivity index (χ4v) is 1.79. The Kier molecular flexibility index (Phi) is 2.04. The molecular weight excluding hydrogens is 196 g/mol. The zero-order valence-electron chi connectivity index (χ0n) is 8.58. The van der Waals surface area contributed by atoms with Crippen LogP contribution in [0, 0.1) is 0 Å².